The van der Waals surface area contributed by atoms with Crippen LogP contribution >= 0.6 is 35.2 Å². The van der Waals surface area contributed by atoms with Gasteiger partial charge in [0.25, 0.3) is 0 Å². The van der Waals surface area contributed by atoms with E-state index in [1.165, 1.54) is 11.3 Å². The molecule has 0 aliphatic heterocycles. The molecule has 5 rings (SSSR count). The van der Waals surface area contributed by atoms with Crippen LogP contribution in [0.1, 0.15) is 0 Å². The van der Waals surface area contributed by atoms with Crippen molar-refractivity contribution in [2.24, 2.45) is 0 Å². The van der Waals surface area contributed by atoms with E-state index in [2.05, 4.69) is 36.1 Å². The van der Waals surface area contributed by atoms with Gasteiger partial charge in [0.1, 0.15) is 0 Å². The fourth-order valence-corrected chi connectivity index (χ4v) is 4.49. The quantitative estimate of drug-likeness (QED) is 0.211. The van der Waals surface area contributed by atoms with Gasteiger partial charge in [0.15, 0.2) is 10.9 Å². The van der Waals surface area contributed by atoms with E-state index in [4.69, 9.17) is 23.8 Å². The lowest BCUT2D eigenvalue weighted by molar-refractivity contribution is 1.05. The number of thiophene rings is 1. The Bertz CT molecular complexity index is 1460. The van der Waals surface area contributed by atoms with Crippen molar-refractivity contribution >= 4 is 63.4 Å². The molecule has 0 bridgehead atoms. The molecule has 2 aromatic carbocycles. The smallest absolute Gasteiger partial charge is 0.227 e. The summed E-state index contributed by atoms with van der Waals surface area (Å²) in [5, 5.41) is 18.4. The molecule has 0 saturated heterocycles. The van der Waals surface area contributed by atoms with Crippen LogP contribution in [0.5, 0.6) is 0 Å². The SMILES string of the molecule is S=C(Nc1ccc(-c2ccccc2)nn1)Nc1ccccc1Nc1nccc(-c2ccc(Cl)s2)n1. The van der Waals surface area contributed by atoms with Gasteiger partial charge in [0.2, 0.25) is 5.95 Å². The van der Waals surface area contributed by atoms with Gasteiger partial charge in [-0.05, 0) is 54.7 Å². The number of thiocarbonyl (C=S) groups is 1. The second-order valence-corrected chi connectivity index (χ2v) is 9.41. The predicted octanol–water partition coefficient (Wildman–Crippen LogP) is 6.87. The van der Waals surface area contributed by atoms with Gasteiger partial charge in [0, 0.05) is 11.8 Å². The molecule has 0 spiro atoms. The number of hydrogen-bond donors (Lipinski definition) is 3. The van der Waals surface area contributed by atoms with Gasteiger partial charge in [-0.15, -0.1) is 21.5 Å². The average Bonchev–Trinajstić information content (AvgIpc) is 3.33. The molecule has 0 unspecified atom stereocenters. The van der Waals surface area contributed by atoms with Crippen molar-refractivity contribution in [2.45, 2.75) is 0 Å². The summed E-state index contributed by atoms with van der Waals surface area (Å²) >= 11 is 13.0. The van der Waals surface area contributed by atoms with Gasteiger partial charge in [-0.3, -0.25) is 0 Å². The second kappa shape index (κ2) is 10.6. The Morgan fingerprint density at radius 2 is 1.57 bits per heavy atom. The minimum atomic E-state index is 0.379. The molecule has 3 heterocycles. The zero-order valence-electron chi connectivity index (χ0n) is 18.1. The molecule has 3 aromatic heterocycles. The molecule has 7 nitrogen and oxygen atoms in total. The topological polar surface area (TPSA) is 87.7 Å². The van der Waals surface area contributed by atoms with Crippen LogP contribution in [0.3, 0.4) is 0 Å². The Labute approximate surface area is 216 Å². The molecular formula is C25H18ClN7S2. The lowest BCUT2D eigenvalue weighted by Gasteiger charge is -2.14. The van der Waals surface area contributed by atoms with Gasteiger partial charge >= 0.3 is 0 Å². The third-order valence-corrected chi connectivity index (χ3v) is 6.34. The third-order valence-electron chi connectivity index (χ3n) is 4.88. The zero-order valence-corrected chi connectivity index (χ0v) is 20.5. The minimum absolute atomic E-state index is 0.379. The zero-order chi connectivity index (χ0) is 24.0. The molecule has 0 aliphatic carbocycles. The van der Waals surface area contributed by atoms with Crippen LogP contribution < -0.4 is 16.0 Å². The highest BCUT2D eigenvalue weighted by atomic mass is 35.5. The summed E-state index contributed by atoms with van der Waals surface area (Å²) in [6, 6.07) is 26.9. The predicted molar refractivity (Wildman–Crippen MR) is 147 cm³/mol. The van der Waals surface area contributed by atoms with Crippen LogP contribution in [0, 0.1) is 0 Å². The monoisotopic (exact) mass is 515 g/mol. The van der Waals surface area contributed by atoms with Crippen LogP contribution in [0.4, 0.5) is 23.1 Å². The van der Waals surface area contributed by atoms with Crippen LogP contribution in [0.15, 0.2) is 91.1 Å². The largest absolute Gasteiger partial charge is 0.331 e. The van der Waals surface area contributed by atoms with Crippen molar-refractivity contribution in [3.05, 3.63) is 95.5 Å². The summed E-state index contributed by atoms with van der Waals surface area (Å²) in [5.74, 6) is 1.00. The number of nitrogens with one attached hydrogen (secondary N) is 3. The van der Waals surface area contributed by atoms with E-state index in [1.54, 1.807) is 6.20 Å². The van der Waals surface area contributed by atoms with Crippen LogP contribution in [0.2, 0.25) is 4.34 Å². The van der Waals surface area contributed by atoms with E-state index in [0.29, 0.717) is 21.2 Å². The van der Waals surface area contributed by atoms with Crippen molar-refractivity contribution in [3.63, 3.8) is 0 Å². The number of para-hydroxylation sites is 2. The number of nitrogens with zero attached hydrogens (tertiary/aromatic N) is 4. The summed E-state index contributed by atoms with van der Waals surface area (Å²) in [7, 11) is 0. The summed E-state index contributed by atoms with van der Waals surface area (Å²) < 4.78 is 0.711. The fourth-order valence-electron chi connectivity index (χ4n) is 3.26. The Morgan fingerprint density at radius 3 is 2.31 bits per heavy atom. The molecule has 0 atom stereocenters. The average molecular weight is 516 g/mol. The van der Waals surface area contributed by atoms with Crippen molar-refractivity contribution in [2.75, 3.05) is 16.0 Å². The van der Waals surface area contributed by atoms with Gasteiger partial charge in [0.05, 0.1) is 32.0 Å². The molecule has 0 saturated carbocycles. The maximum Gasteiger partial charge on any atom is 0.227 e. The molecule has 35 heavy (non-hydrogen) atoms. The number of aromatic nitrogens is 4. The molecule has 0 fully saturated rings. The Kier molecular flexibility index (Phi) is 6.89. The van der Waals surface area contributed by atoms with E-state index < -0.39 is 0 Å². The van der Waals surface area contributed by atoms with Crippen molar-refractivity contribution in [3.8, 4) is 21.8 Å². The molecular weight excluding hydrogens is 498 g/mol. The Morgan fingerprint density at radius 1 is 0.771 bits per heavy atom. The standard InChI is InChI=1S/C25H18ClN7S2/c26-22-12-11-21(35-22)20-14-15-27-24(29-20)28-18-8-4-5-9-19(18)30-25(34)31-23-13-10-17(32-33-23)16-6-2-1-3-7-16/h1-15H,(H,27,28,29)(H2,30,31,33,34). The van der Waals surface area contributed by atoms with E-state index in [9.17, 15) is 0 Å². The van der Waals surface area contributed by atoms with Crippen LogP contribution in [0.25, 0.3) is 21.8 Å². The number of anilines is 4. The van der Waals surface area contributed by atoms with Gasteiger partial charge < -0.3 is 16.0 Å². The first-order valence-corrected chi connectivity index (χ1v) is 12.2. The molecule has 0 aliphatic rings. The fraction of sp³-hybridized carbons (Fsp3) is 0. The summed E-state index contributed by atoms with van der Waals surface area (Å²) in [6.07, 6.45) is 1.71. The highest BCUT2D eigenvalue weighted by Crippen LogP contribution is 2.31. The summed E-state index contributed by atoms with van der Waals surface area (Å²) in [4.78, 5) is 9.92. The van der Waals surface area contributed by atoms with Crippen LogP contribution in [-0.2, 0) is 0 Å². The van der Waals surface area contributed by atoms with Crippen LogP contribution in [-0.4, -0.2) is 25.3 Å². The lowest BCUT2D eigenvalue weighted by atomic mass is 10.1. The van der Waals surface area contributed by atoms with Crippen molar-refractivity contribution in [1.29, 1.82) is 0 Å². The molecule has 3 N–H and O–H groups in total. The van der Waals surface area contributed by atoms with E-state index >= 15 is 0 Å². The minimum Gasteiger partial charge on any atom is -0.331 e. The summed E-state index contributed by atoms with van der Waals surface area (Å²) in [5.41, 5.74) is 4.10. The summed E-state index contributed by atoms with van der Waals surface area (Å²) in [6.45, 7) is 0. The highest BCUT2D eigenvalue weighted by molar-refractivity contribution is 7.80. The number of benzene rings is 2. The van der Waals surface area contributed by atoms with E-state index in [-0.39, 0.29) is 0 Å². The normalized spacial score (nSPS) is 10.5. The molecule has 5 aromatic rings. The molecule has 0 amide bonds. The van der Waals surface area contributed by atoms with Crippen molar-refractivity contribution < 1.29 is 0 Å². The maximum absolute atomic E-state index is 6.07. The van der Waals surface area contributed by atoms with Gasteiger partial charge in [-0.1, -0.05) is 54.1 Å². The number of rotatable bonds is 6. The van der Waals surface area contributed by atoms with E-state index in [0.717, 1.165) is 33.2 Å². The van der Waals surface area contributed by atoms with Crippen molar-refractivity contribution in [1.82, 2.24) is 20.2 Å². The lowest BCUT2D eigenvalue weighted by Crippen LogP contribution is -2.20. The third kappa shape index (κ3) is 5.78. The van der Waals surface area contributed by atoms with E-state index in [1.807, 2.05) is 84.9 Å². The number of hydrogen-bond acceptors (Lipinski definition) is 7. The first-order valence-electron chi connectivity index (χ1n) is 10.6. The first kappa shape index (κ1) is 22.9. The molecule has 10 heteroatoms. The molecule has 172 valence electrons. The maximum atomic E-state index is 6.07. The molecule has 0 radical (unpaired) electrons. The Hall–Kier alpha value is -3.92. The van der Waals surface area contributed by atoms with Gasteiger partial charge in [-0.25, -0.2) is 9.97 Å². The first-order chi connectivity index (χ1) is 17.1. The van der Waals surface area contributed by atoms with Gasteiger partial charge in [-0.2, -0.15) is 0 Å². The number of halogens is 1. The second-order valence-electron chi connectivity index (χ2n) is 7.29. The highest BCUT2D eigenvalue weighted by Gasteiger charge is 2.09. The Balaban J connectivity index is 1.27.